The smallest absolute Gasteiger partial charge is 0.203 e. The summed E-state index contributed by atoms with van der Waals surface area (Å²) in [6.07, 6.45) is 0. The molecule has 2 N–H and O–H groups in total. The maximum atomic E-state index is 5.70. The zero-order valence-corrected chi connectivity index (χ0v) is 10.0. The van der Waals surface area contributed by atoms with Crippen molar-refractivity contribution in [3.63, 3.8) is 0 Å². The molecule has 0 aliphatic heterocycles. The summed E-state index contributed by atoms with van der Waals surface area (Å²) < 4.78 is 1.42. The molecule has 2 rings (SSSR count). The molecule has 4 nitrogen and oxygen atoms in total. The van der Waals surface area contributed by atoms with Gasteiger partial charge in [0.25, 0.3) is 0 Å². The highest BCUT2D eigenvalue weighted by Gasteiger charge is 2.04. The van der Waals surface area contributed by atoms with E-state index in [0.717, 1.165) is 15.8 Å². The van der Waals surface area contributed by atoms with Crippen LogP contribution in [-0.2, 0) is 5.75 Å². The van der Waals surface area contributed by atoms with Gasteiger partial charge >= 0.3 is 0 Å². The van der Waals surface area contributed by atoms with Crippen molar-refractivity contribution in [2.45, 2.75) is 10.1 Å². The molecule has 8 heteroatoms. The van der Waals surface area contributed by atoms with Gasteiger partial charge in [-0.15, -0.1) is 21.5 Å². The van der Waals surface area contributed by atoms with Crippen molar-refractivity contribution in [2.24, 2.45) is 0 Å². The predicted molar refractivity (Wildman–Crippen MR) is 61.0 cm³/mol. The van der Waals surface area contributed by atoms with Crippen molar-refractivity contribution in [1.29, 1.82) is 0 Å². The maximum absolute atomic E-state index is 5.70. The van der Waals surface area contributed by atoms with E-state index in [1.54, 1.807) is 11.8 Å². The summed E-state index contributed by atoms with van der Waals surface area (Å²) in [6, 6.07) is 0. The van der Waals surface area contributed by atoms with Crippen LogP contribution in [0.15, 0.2) is 9.72 Å². The zero-order valence-electron chi connectivity index (χ0n) is 6.81. The van der Waals surface area contributed by atoms with Gasteiger partial charge in [-0.2, -0.15) is 0 Å². The standard InChI is InChI=1S/C6H5ClN4S3/c7-4-9-3(1-12-4)2-13-6-11-10-5(8)14-6/h1H,2H2,(H2,8,10). The van der Waals surface area contributed by atoms with Crippen LogP contribution in [0, 0.1) is 0 Å². The molecule has 0 amide bonds. The van der Waals surface area contributed by atoms with Crippen molar-refractivity contribution >= 4 is 51.2 Å². The van der Waals surface area contributed by atoms with Gasteiger partial charge in [0.1, 0.15) is 0 Å². The first-order chi connectivity index (χ1) is 6.74. The molecule has 0 aliphatic rings. The molecule has 0 unspecified atom stereocenters. The van der Waals surface area contributed by atoms with Gasteiger partial charge in [0.2, 0.25) is 5.13 Å². The van der Waals surface area contributed by atoms with Crippen LogP contribution in [0.2, 0.25) is 4.47 Å². The topological polar surface area (TPSA) is 64.7 Å². The predicted octanol–water partition coefficient (Wildman–Crippen LogP) is 2.52. The highest BCUT2D eigenvalue weighted by atomic mass is 35.5. The zero-order chi connectivity index (χ0) is 9.97. The highest BCUT2D eigenvalue weighted by Crippen LogP contribution is 2.27. The van der Waals surface area contributed by atoms with Crippen LogP contribution in [0.5, 0.6) is 0 Å². The van der Waals surface area contributed by atoms with Crippen LogP contribution in [0.25, 0.3) is 0 Å². The van der Waals surface area contributed by atoms with E-state index in [1.807, 2.05) is 5.38 Å². The van der Waals surface area contributed by atoms with Crippen LogP contribution in [-0.4, -0.2) is 15.2 Å². The van der Waals surface area contributed by atoms with Gasteiger partial charge in [-0.3, -0.25) is 0 Å². The molecular weight excluding hydrogens is 260 g/mol. The maximum Gasteiger partial charge on any atom is 0.203 e. The van der Waals surface area contributed by atoms with E-state index in [1.165, 1.54) is 22.7 Å². The van der Waals surface area contributed by atoms with Crippen LogP contribution in [0.3, 0.4) is 0 Å². The lowest BCUT2D eigenvalue weighted by Crippen LogP contribution is -1.80. The van der Waals surface area contributed by atoms with Crippen molar-refractivity contribution in [3.05, 3.63) is 15.5 Å². The van der Waals surface area contributed by atoms with Gasteiger partial charge in [0.15, 0.2) is 8.81 Å². The summed E-state index contributed by atoms with van der Waals surface area (Å²) in [5.74, 6) is 0.748. The number of anilines is 1. The van der Waals surface area contributed by atoms with Gasteiger partial charge in [-0.1, -0.05) is 34.7 Å². The summed E-state index contributed by atoms with van der Waals surface area (Å²) in [5, 5.41) is 10.0. The number of nitrogens with two attached hydrogens (primary N) is 1. The Hall–Kier alpha value is -0.370. The van der Waals surface area contributed by atoms with Gasteiger partial charge in [0, 0.05) is 11.1 Å². The Morgan fingerprint density at radius 3 is 2.93 bits per heavy atom. The molecule has 14 heavy (non-hydrogen) atoms. The molecule has 0 saturated carbocycles. The fourth-order valence-electron chi connectivity index (χ4n) is 0.763. The summed E-state index contributed by atoms with van der Waals surface area (Å²) in [7, 11) is 0. The van der Waals surface area contributed by atoms with Crippen LogP contribution in [0.1, 0.15) is 5.69 Å². The largest absolute Gasteiger partial charge is 0.374 e. The molecule has 2 heterocycles. The lowest BCUT2D eigenvalue weighted by Gasteiger charge is -1.90. The van der Waals surface area contributed by atoms with Crippen LogP contribution in [0.4, 0.5) is 5.13 Å². The van der Waals surface area contributed by atoms with Gasteiger partial charge in [0.05, 0.1) is 5.69 Å². The second kappa shape index (κ2) is 4.43. The molecule has 2 aromatic rings. The molecule has 0 saturated heterocycles. The number of thiazole rings is 1. The van der Waals surface area contributed by atoms with E-state index >= 15 is 0 Å². The second-order valence-corrected chi connectivity index (χ2v) is 5.96. The molecule has 0 bridgehead atoms. The highest BCUT2D eigenvalue weighted by molar-refractivity contribution is 8.00. The summed E-state index contributed by atoms with van der Waals surface area (Å²) in [5.41, 5.74) is 6.41. The fraction of sp³-hybridized carbons (Fsp3) is 0.167. The summed E-state index contributed by atoms with van der Waals surface area (Å²) in [6.45, 7) is 0. The first-order valence-corrected chi connectivity index (χ1v) is 6.61. The fourth-order valence-corrected chi connectivity index (χ4v) is 3.18. The number of nitrogens with zero attached hydrogens (tertiary/aromatic N) is 3. The Kier molecular flexibility index (Phi) is 3.22. The molecule has 74 valence electrons. The van der Waals surface area contributed by atoms with E-state index in [-0.39, 0.29) is 0 Å². The number of nitrogen functional groups attached to an aromatic ring is 1. The Morgan fingerprint density at radius 2 is 2.36 bits per heavy atom. The average molecular weight is 265 g/mol. The van der Waals surface area contributed by atoms with Crippen molar-refractivity contribution in [1.82, 2.24) is 15.2 Å². The molecule has 0 atom stereocenters. The van der Waals surface area contributed by atoms with Crippen LogP contribution < -0.4 is 5.73 Å². The third kappa shape index (κ3) is 2.57. The third-order valence-electron chi connectivity index (χ3n) is 1.29. The summed E-state index contributed by atoms with van der Waals surface area (Å²) >= 11 is 10.1. The molecule has 2 aromatic heterocycles. The van der Waals surface area contributed by atoms with Gasteiger partial charge in [-0.25, -0.2) is 4.98 Å². The second-order valence-electron chi connectivity index (χ2n) is 2.29. The number of halogens is 1. The molecule has 0 fully saturated rings. The van der Waals surface area contributed by atoms with E-state index in [0.29, 0.717) is 9.60 Å². The third-order valence-corrected chi connectivity index (χ3v) is 4.24. The van der Waals surface area contributed by atoms with E-state index < -0.39 is 0 Å². The van der Waals surface area contributed by atoms with Crippen molar-refractivity contribution in [2.75, 3.05) is 5.73 Å². The lowest BCUT2D eigenvalue weighted by atomic mass is 10.6. The monoisotopic (exact) mass is 264 g/mol. The molecule has 0 radical (unpaired) electrons. The molecule has 0 aromatic carbocycles. The Morgan fingerprint density at radius 1 is 1.50 bits per heavy atom. The van der Waals surface area contributed by atoms with Crippen LogP contribution >= 0.6 is 46.0 Å². The number of hydrogen-bond donors (Lipinski definition) is 1. The number of rotatable bonds is 3. The summed E-state index contributed by atoms with van der Waals surface area (Å²) in [4.78, 5) is 4.12. The number of thioether (sulfide) groups is 1. The Bertz CT molecular complexity index is 386. The van der Waals surface area contributed by atoms with E-state index in [2.05, 4.69) is 15.2 Å². The minimum absolute atomic E-state index is 0.490. The first-order valence-electron chi connectivity index (χ1n) is 3.56. The number of hydrogen-bond acceptors (Lipinski definition) is 7. The molecule has 0 spiro atoms. The van der Waals surface area contributed by atoms with E-state index in [4.69, 9.17) is 17.3 Å². The first kappa shape index (κ1) is 10.2. The molecular formula is C6H5ClN4S3. The SMILES string of the molecule is Nc1nnc(SCc2csc(Cl)n2)s1. The minimum atomic E-state index is 0.490. The minimum Gasteiger partial charge on any atom is -0.374 e. The number of aromatic nitrogens is 3. The van der Waals surface area contributed by atoms with Gasteiger partial charge in [-0.05, 0) is 0 Å². The van der Waals surface area contributed by atoms with Gasteiger partial charge < -0.3 is 5.73 Å². The Labute approximate surface area is 97.5 Å². The van der Waals surface area contributed by atoms with E-state index in [9.17, 15) is 0 Å². The van der Waals surface area contributed by atoms with Crippen molar-refractivity contribution < 1.29 is 0 Å². The normalized spacial score (nSPS) is 10.6. The van der Waals surface area contributed by atoms with Crippen molar-refractivity contribution in [3.8, 4) is 0 Å². The average Bonchev–Trinajstić information content (AvgIpc) is 2.72. The lowest BCUT2D eigenvalue weighted by molar-refractivity contribution is 1.02. The Balaban J connectivity index is 1.94. The quantitative estimate of drug-likeness (QED) is 0.863. The molecule has 0 aliphatic carbocycles.